The van der Waals surface area contributed by atoms with Crippen LogP contribution in [0.5, 0.6) is 0 Å². The number of amides is 2. The quantitative estimate of drug-likeness (QED) is 0.761. The number of hydrogen-bond acceptors (Lipinski definition) is 4. The Kier molecular flexibility index (Phi) is 4.70. The molecule has 166 valence electrons. The number of fused-ring (bicyclic) bond motifs is 3. The van der Waals surface area contributed by atoms with Crippen molar-refractivity contribution in [3.63, 3.8) is 0 Å². The third-order valence-corrected chi connectivity index (χ3v) is 8.44. The highest BCUT2D eigenvalue weighted by atomic mass is 16.2. The number of carbonyl (C=O) groups excluding carboxylic acids is 2. The highest BCUT2D eigenvalue weighted by Crippen LogP contribution is 2.52. The number of carbonyl (C=O) groups is 2. The van der Waals surface area contributed by atoms with Gasteiger partial charge in [0.05, 0.1) is 5.56 Å². The molecule has 5 aliphatic rings. The second-order valence-corrected chi connectivity index (χ2v) is 10.1. The fraction of sp³-hybridized carbons (Fsp3) is 0.500. The van der Waals surface area contributed by atoms with Crippen LogP contribution < -0.4 is 10.6 Å². The van der Waals surface area contributed by atoms with Crippen LogP contribution >= 0.6 is 0 Å². The summed E-state index contributed by atoms with van der Waals surface area (Å²) in [6.07, 6.45) is 9.61. The number of nitrogens with one attached hydrogen (secondary N) is 2. The summed E-state index contributed by atoms with van der Waals surface area (Å²) < 4.78 is 0. The van der Waals surface area contributed by atoms with Gasteiger partial charge in [0.1, 0.15) is 5.66 Å². The van der Waals surface area contributed by atoms with Gasteiger partial charge in [-0.05, 0) is 80.2 Å². The minimum absolute atomic E-state index is 0.00737. The summed E-state index contributed by atoms with van der Waals surface area (Å²) in [5, 5.41) is 6.98. The van der Waals surface area contributed by atoms with Gasteiger partial charge in [-0.15, -0.1) is 0 Å². The summed E-state index contributed by atoms with van der Waals surface area (Å²) >= 11 is 0. The van der Waals surface area contributed by atoms with Gasteiger partial charge in [0, 0.05) is 43.0 Å². The molecule has 1 spiro atoms. The molecule has 1 aromatic heterocycles. The zero-order valence-corrected chi connectivity index (χ0v) is 18.3. The molecule has 3 aliphatic carbocycles. The second kappa shape index (κ2) is 7.61. The minimum Gasteiger partial charge on any atom is -0.362 e. The van der Waals surface area contributed by atoms with Gasteiger partial charge >= 0.3 is 0 Å². The molecule has 3 heterocycles. The summed E-state index contributed by atoms with van der Waals surface area (Å²) in [6.45, 7) is 1.68. The first kappa shape index (κ1) is 19.8. The van der Waals surface area contributed by atoms with Crippen molar-refractivity contribution in [3.05, 3.63) is 59.9 Å². The van der Waals surface area contributed by atoms with Gasteiger partial charge in [0.25, 0.3) is 5.91 Å². The van der Waals surface area contributed by atoms with Crippen LogP contribution in [0.3, 0.4) is 0 Å². The average molecular weight is 431 g/mol. The van der Waals surface area contributed by atoms with Gasteiger partial charge in [0.2, 0.25) is 5.91 Å². The van der Waals surface area contributed by atoms with E-state index in [1.807, 2.05) is 36.7 Å². The lowest BCUT2D eigenvalue weighted by atomic mass is 9.58. The van der Waals surface area contributed by atoms with E-state index in [0.717, 1.165) is 57.3 Å². The number of benzene rings is 1. The van der Waals surface area contributed by atoms with Crippen molar-refractivity contribution in [1.29, 1.82) is 0 Å². The molecule has 2 aliphatic heterocycles. The second-order valence-electron chi connectivity index (χ2n) is 10.1. The number of aromatic nitrogens is 1. The molecule has 2 bridgehead atoms. The van der Waals surface area contributed by atoms with Crippen LogP contribution in [0.1, 0.15) is 60.4 Å². The van der Waals surface area contributed by atoms with Crippen molar-refractivity contribution in [1.82, 2.24) is 15.2 Å². The number of rotatable bonds is 2. The van der Waals surface area contributed by atoms with Gasteiger partial charge in [-0.25, -0.2) is 0 Å². The smallest absolute Gasteiger partial charge is 0.255 e. The molecule has 3 saturated carbocycles. The van der Waals surface area contributed by atoms with E-state index in [0.29, 0.717) is 23.3 Å². The number of anilines is 1. The first-order valence-electron chi connectivity index (χ1n) is 12.0. The van der Waals surface area contributed by atoms with E-state index in [1.165, 1.54) is 5.56 Å². The highest BCUT2D eigenvalue weighted by molar-refractivity contribution is 6.02. The van der Waals surface area contributed by atoms with Gasteiger partial charge in [-0.2, -0.15) is 0 Å². The Labute approximate surface area is 188 Å². The zero-order chi connectivity index (χ0) is 21.7. The fourth-order valence-electron chi connectivity index (χ4n) is 6.75. The maximum atomic E-state index is 13.5. The Hall–Kier alpha value is -2.89. The lowest BCUT2D eigenvalue weighted by Crippen LogP contribution is -2.68. The molecule has 4 fully saturated rings. The molecular formula is C26H30N4O2. The van der Waals surface area contributed by atoms with E-state index in [4.69, 9.17) is 0 Å². The van der Waals surface area contributed by atoms with Crippen molar-refractivity contribution >= 4 is 17.5 Å². The number of hydrogen-bond donors (Lipinski definition) is 2. The van der Waals surface area contributed by atoms with Crippen LogP contribution in [0.25, 0.3) is 0 Å². The Balaban J connectivity index is 1.14. The molecule has 2 amide bonds. The number of para-hydroxylation sites is 1. The first-order chi connectivity index (χ1) is 15.6. The Morgan fingerprint density at radius 1 is 1.00 bits per heavy atom. The fourth-order valence-corrected chi connectivity index (χ4v) is 6.75. The van der Waals surface area contributed by atoms with Gasteiger partial charge in [-0.1, -0.05) is 12.1 Å². The van der Waals surface area contributed by atoms with Crippen LogP contribution in [0, 0.1) is 17.8 Å². The molecular weight excluding hydrogens is 400 g/mol. The van der Waals surface area contributed by atoms with Gasteiger partial charge < -0.3 is 15.5 Å². The Bertz CT molecular complexity index is 1030. The topological polar surface area (TPSA) is 74.3 Å². The van der Waals surface area contributed by atoms with Gasteiger partial charge in [-0.3, -0.25) is 14.6 Å². The average Bonchev–Trinajstić information content (AvgIpc) is 2.84. The Morgan fingerprint density at radius 2 is 1.78 bits per heavy atom. The molecule has 0 radical (unpaired) electrons. The van der Waals surface area contributed by atoms with Crippen LogP contribution in [0.15, 0.2) is 48.8 Å². The summed E-state index contributed by atoms with van der Waals surface area (Å²) in [4.78, 5) is 32.6. The monoisotopic (exact) mass is 430 g/mol. The largest absolute Gasteiger partial charge is 0.362 e. The summed E-state index contributed by atoms with van der Waals surface area (Å²) in [5.74, 6) is 1.57. The molecule has 2 aromatic rings. The SMILES string of the molecule is O=C1N[C@@]2(CC3CCC2CC3C(=O)N2CCC(c3ccncc3)CC2)Nc2ccccc21. The molecule has 1 aromatic carbocycles. The summed E-state index contributed by atoms with van der Waals surface area (Å²) in [5.41, 5.74) is 2.57. The number of pyridine rings is 1. The van der Waals surface area contributed by atoms with Crippen LogP contribution in [-0.4, -0.2) is 40.5 Å². The third kappa shape index (κ3) is 3.19. The van der Waals surface area contributed by atoms with E-state index in [-0.39, 0.29) is 17.7 Å². The normalized spacial score (nSPS) is 31.7. The molecule has 6 nitrogen and oxygen atoms in total. The first-order valence-corrected chi connectivity index (χ1v) is 12.0. The molecule has 7 rings (SSSR count). The van der Waals surface area contributed by atoms with E-state index < -0.39 is 5.66 Å². The number of nitrogens with zero attached hydrogens (tertiary/aromatic N) is 2. The molecule has 3 unspecified atom stereocenters. The van der Waals surface area contributed by atoms with Crippen molar-refractivity contribution in [2.75, 3.05) is 18.4 Å². The van der Waals surface area contributed by atoms with Crippen molar-refractivity contribution in [3.8, 4) is 0 Å². The van der Waals surface area contributed by atoms with Crippen LogP contribution in [0.2, 0.25) is 0 Å². The highest BCUT2D eigenvalue weighted by Gasteiger charge is 2.55. The van der Waals surface area contributed by atoms with Gasteiger partial charge in [0.15, 0.2) is 0 Å². The number of piperidine rings is 1. The standard InChI is InChI=1S/C26H30N4O2/c31-24-21-3-1-2-4-23(21)28-26(29-24)16-19-5-6-20(26)15-22(19)25(32)30-13-9-18(10-14-30)17-7-11-27-12-8-17/h1-4,7-8,11-12,18-20,22,28H,5-6,9-10,13-16H2,(H,29,31)/t19?,20?,22?,26-/m1/s1. The Morgan fingerprint density at radius 3 is 2.53 bits per heavy atom. The minimum atomic E-state index is -0.403. The van der Waals surface area contributed by atoms with Crippen molar-refractivity contribution in [2.24, 2.45) is 17.8 Å². The van der Waals surface area contributed by atoms with Crippen molar-refractivity contribution in [2.45, 2.75) is 50.1 Å². The summed E-state index contributed by atoms with van der Waals surface area (Å²) in [6, 6.07) is 11.9. The zero-order valence-electron chi connectivity index (χ0n) is 18.3. The maximum Gasteiger partial charge on any atom is 0.255 e. The predicted molar refractivity (Wildman–Crippen MR) is 122 cm³/mol. The lowest BCUT2D eigenvalue weighted by Gasteiger charge is -2.57. The molecule has 6 heteroatoms. The third-order valence-electron chi connectivity index (χ3n) is 8.44. The lowest BCUT2D eigenvalue weighted by molar-refractivity contribution is -0.144. The maximum absolute atomic E-state index is 13.5. The summed E-state index contributed by atoms with van der Waals surface area (Å²) in [7, 11) is 0. The van der Waals surface area contributed by atoms with E-state index >= 15 is 0 Å². The molecule has 2 N–H and O–H groups in total. The van der Waals surface area contributed by atoms with E-state index in [2.05, 4.69) is 32.7 Å². The molecule has 4 atom stereocenters. The van der Waals surface area contributed by atoms with Crippen LogP contribution in [-0.2, 0) is 4.79 Å². The molecule has 32 heavy (non-hydrogen) atoms. The van der Waals surface area contributed by atoms with Crippen molar-refractivity contribution < 1.29 is 9.59 Å². The van der Waals surface area contributed by atoms with E-state index in [9.17, 15) is 9.59 Å². The molecule has 1 saturated heterocycles. The predicted octanol–water partition coefficient (Wildman–Crippen LogP) is 3.78. The number of likely N-dealkylation sites (tertiary alicyclic amines) is 1. The van der Waals surface area contributed by atoms with Crippen LogP contribution in [0.4, 0.5) is 5.69 Å². The van der Waals surface area contributed by atoms with E-state index in [1.54, 1.807) is 0 Å².